The van der Waals surface area contributed by atoms with Gasteiger partial charge in [-0.05, 0) is 12.3 Å². The molecule has 3 N–H and O–H groups in total. The number of carboxylic acid groups (broad SMARTS) is 1. The maximum atomic E-state index is 10.4. The Balaban J connectivity index is 1.84. The second-order valence-electron chi connectivity index (χ2n) is 4.03. The summed E-state index contributed by atoms with van der Waals surface area (Å²) in [5.41, 5.74) is 5.37. The zero-order valence-electron chi connectivity index (χ0n) is 8.04. The Labute approximate surface area is 79.3 Å². The Kier molecular flexibility index (Phi) is 4.22. The van der Waals surface area contributed by atoms with E-state index in [-0.39, 0.29) is 0 Å². The highest BCUT2D eigenvalue weighted by molar-refractivity contribution is 5.72. The lowest BCUT2D eigenvalue weighted by molar-refractivity contribution is -0.138. The third-order valence-corrected chi connectivity index (χ3v) is 2.64. The summed E-state index contributed by atoms with van der Waals surface area (Å²) in [5, 5.41) is 8.51. The van der Waals surface area contributed by atoms with Crippen molar-refractivity contribution in [2.45, 2.75) is 51.0 Å². The molecule has 3 nitrogen and oxygen atoms in total. The fourth-order valence-electron chi connectivity index (χ4n) is 1.50. The molecule has 0 unspecified atom stereocenters. The number of unbranched alkanes of at least 4 members (excludes halogenated alkanes) is 2. The molecule has 0 radical (unpaired) electrons. The highest BCUT2D eigenvalue weighted by atomic mass is 16.4. The summed E-state index contributed by atoms with van der Waals surface area (Å²) in [5.74, 6) is 0.121. The fraction of sp³-hybridized carbons (Fsp3) is 0.900. The van der Waals surface area contributed by atoms with Gasteiger partial charge in [0, 0.05) is 0 Å². The minimum atomic E-state index is -0.873. The number of nitrogens with two attached hydrogens (primary N) is 1. The first-order valence-corrected chi connectivity index (χ1v) is 5.18. The minimum Gasteiger partial charge on any atom is -0.480 e. The van der Waals surface area contributed by atoms with Gasteiger partial charge in [0.15, 0.2) is 0 Å². The van der Waals surface area contributed by atoms with Crippen molar-refractivity contribution < 1.29 is 9.90 Å². The van der Waals surface area contributed by atoms with Gasteiger partial charge in [0.25, 0.3) is 0 Å². The van der Waals surface area contributed by atoms with Crippen molar-refractivity contribution in [2.75, 3.05) is 0 Å². The molecule has 1 saturated carbocycles. The Morgan fingerprint density at radius 2 is 2.08 bits per heavy atom. The van der Waals surface area contributed by atoms with Crippen LogP contribution < -0.4 is 5.73 Å². The van der Waals surface area contributed by atoms with Crippen LogP contribution in [0.5, 0.6) is 0 Å². The molecule has 0 amide bonds. The number of hydrogen-bond acceptors (Lipinski definition) is 2. The van der Waals surface area contributed by atoms with Gasteiger partial charge in [-0.2, -0.15) is 0 Å². The molecule has 0 aliphatic heterocycles. The predicted molar refractivity (Wildman–Crippen MR) is 51.4 cm³/mol. The number of hydrogen-bond donors (Lipinski definition) is 2. The van der Waals surface area contributed by atoms with Crippen LogP contribution in [0, 0.1) is 5.92 Å². The van der Waals surface area contributed by atoms with Gasteiger partial charge in [0.1, 0.15) is 6.04 Å². The van der Waals surface area contributed by atoms with Gasteiger partial charge < -0.3 is 10.8 Å². The molecule has 0 heterocycles. The van der Waals surface area contributed by atoms with Crippen LogP contribution in [0.4, 0.5) is 0 Å². The molecule has 1 atom stereocenters. The van der Waals surface area contributed by atoms with Crippen LogP contribution >= 0.6 is 0 Å². The molecule has 3 heteroatoms. The smallest absolute Gasteiger partial charge is 0.320 e. The normalized spacial score (nSPS) is 18.5. The van der Waals surface area contributed by atoms with Gasteiger partial charge in [0.2, 0.25) is 0 Å². The largest absolute Gasteiger partial charge is 0.480 e. The number of carboxylic acids is 1. The van der Waals surface area contributed by atoms with E-state index in [1.165, 1.54) is 25.7 Å². The van der Waals surface area contributed by atoms with Gasteiger partial charge in [-0.25, -0.2) is 0 Å². The van der Waals surface area contributed by atoms with Crippen LogP contribution in [0.2, 0.25) is 0 Å². The topological polar surface area (TPSA) is 63.3 Å². The number of aliphatic carboxylic acids is 1. The molecular formula is C10H19NO2. The molecule has 76 valence electrons. The van der Waals surface area contributed by atoms with E-state index >= 15 is 0 Å². The predicted octanol–water partition coefficient (Wildman–Crippen LogP) is 1.76. The Bertz CT molecular complexity index is 166. The lowest BCUT2D eigenvalue weighted by Crippen LogP contribution is -2.29. The molecule has 0 bridgehead atoms. The second kappa shape index (κ2) is 5.22. The third kappa shape index (κ3) is 4.88. The summed E-state index contributed by atoms with van der Waals surface area (Å²) in [6.45, 7) is 0. The SMILES string of the molecule is N[C@H](CCCCCC1CC1)C(=O)O. The van der Waals surface area contributed by atoms with Crippen molar-refractivity contribution in [3.05, 3.63) is 0 Å². The summed E-state index contributed by atoms with van der Waals surface area (Å²) >= 11 is 0. The van der Waals surface area contributed by atoms with E-state index in [9.17, 15) is 4.79 Å². The lowest BCUT2D eigenvalue weighted by Gasteiger charge is -2.05. The third-order valence-electron chi connectivity index (χ3n) is 2.64. The second-order valence-corrected chi connectivity index (χ2v) is 4.03. The first-order chi connectivity index (χ1) is 6.20. The van der Waals surface area contributed by atoms with Gasteiger partial charge in [-0.3, -0.25) is 4.79 Å². The Morgan fingerprint density at radius 1 is 1.38 bits per heavy atom. The van der Waals surface area contributed by atoms with E-state index < -0.39 is 12.0 Å². The van der Waals surface area contributed by atoms with E-state index in [2.05, 4.69) is 0 Å². The first-order valence-electron chi connectivity index (χ1n) is 5.18. The lowest BCUT2D eigenvalue weighted by atomic mass is 10.1. The van der Waals surface area contributed by atoms with Gasteiger partial charge in [-0.1, -0.05) is 38.5 Å². The molecule has 1 fully saturated rings. The number of carbonyl (C=O) groups is 1. The average Bonchev–Trinajstić information content (AvgIpc) is 2.87. The van der Waals surface area contributed by atoms with Crippen molar-refractivity contribution >= 4 is 5.97 Å². The molecule has 13 heavy (non-hydrogen) atoms. The first kappa shape index (κ1) is 10.5. The molecule has 1 aliphatic carbocycles. The van der Waals surface area contributed by atoms with Crippen LogP contribution in [-0.2, 0) is 4.79 Å². The average molecular weight is 185 g/mol. The molecule has 0 aromatic carbocycles. The van der Waals surface area contributed by atoms with Crippen LogP contribution in [0.1, 0.15) is 44.9 Å². The van der Waals surface area contributed by atoms with E-state index in [1.54, 1.807) is 0 Å². The highest BCUT2D eigenvalue weighted by Gasteiger charge is 2.20. The molecule has 0 spiro atoms. The zero-order chi connectivity index (χ0) is 9.68. The van der Waals surface area contributed by atoms with Crippen LogP contribution in [0.3, 0.4) is 0 Å². The van der Waals surface area contributed by atoms with E-state index in [1.807, 2.05) is 0 Å². The Morgan fingerprint density at radius 3 is 2.62 bits per heavy atom. The minimum absolute atomic E-state index is 0.625. The van der Waals surface area contributed by atoms with Crippen molar-refractivity contribution in [1.82, 2.24) is 0 Å². The fourth-order valence-corrected chi connectivity index (χ4v) is 1.50. The number of rotatable bonds is 7. The van der Waals surface area contributed by atoms with E-state index in [0.29, 0.717) is 6.42 Å². The van der Waals surface area contributed by atoms with Gasteiger partial charge >= 0.3 is 5.97 Å². The van der Waals surface area contributed by atoms with Crippen LogP contribution in [0.25, 0.3) is 0 Å². The van der Waals surface area contributed by atoms with Crippen molar-refractivity contribution in [3.63, 3.8) is 0 Å². The summed E-state index contributed by atoms with van der Waals surface area (Å²) in [6, 6.07) is -0.652. The summed E-state index contributed by atoms with van der Waals surface area (Å²) in [4.78, 5) is 10.4. The maximum Gasteiger partial charge on any atom is 0.320 e. The molecule has 1 aliphatic rings. The highest BCUT2D eigenvalue weighted by Crippen LogP contribution is 2.34. The van der Waals surface area contributed by atoms with E-state index in [4.69, 9.17) is 10.8 Å². The van der Waals surface area contributed by atoms with Crippen molar-refractivity contribution in [3.8, 4) is 0 Å². The molecule has 0 aromatic rings. The molecule has 0 saturated heterocycles. The van der Waals surface area contributed by atoms with Crippen molar-refractivity contribution in [2.24, 2.45) is 11.7 Å². The van der Waals surface area contributed by atoms with Crippen LogP contribution in [-0.4, -0.2) is 17.1 Å². The summed E-state index contributed by atoms with van der Waals surface area (Å²) < 4.78 is 0. The zero-order valence-corrected chi connectivity index (χ0v) is 8.04. The summed E-state index contributed by atoms with van der Waals surface area (Å²) in [6.07, 6.45) is 8.13. The Hall–Kier alpha value is -0.570. The maximum absolute atomic E-state index is 10.4. The summed E-state index contributed by atoms with van der Waals surface area (Å²) in [7, 11) is 0. The molecule has 0 aromatic heterocycles. The van der Waals surface area contributed by atoms with Crippen LogP contribution in [0.15, 0.2) is 0 Å². The standard InChI is InChI=1S/C10H19NO2/c11-9(10(12)13)5-3-1-2-4-8-6-7-8/h8-9H,1-7,11H2,(H,12,13)/t9-/m1/s1. The van der Waals surface area contributed by atoms with E-state index in [0.717, 1.165) is 18.8 Å². The van der Waals surface area contributed by atoms with Crippen molar-refractivity contribution in [1.29, 1.82) is 0 Å². The molecular weight excluding hydrogens is 166 g/mol. The quantitative estimate of drug-likeness (QED) is 0.594. The van der Waals surface area contributed by atoms with Gasteiger partial charge in [0.05, 0.1) is 0 Å². The van der Waals surface area contributed by atoms with Gasteiger partial charge in [-0.15, -0.1) is 0 Å². The molecule has 1 rings (SSSR count). The monoisotopic (exact) mass is 185 g/mol.